The van der Waals surface area contributed by atoms with Crippen molar-refractivity contribution in [3.63, 3.8) is 0 Å². The lowest BCUT2D eigenvalue weighted by Crippen LogP contribution is -2.20. The molecule has 0 aromatic heterocycles. The van der Waals surface area contributed by atoms with Crippen molar-refractivity contribution in [1.82, 2.24) is 0 Å². The number of anilines is 1. The van der Waals surface area contributed by atoms with Crippen molar-refractivity contribution in [2.75, 3.05) is 31.7 Å². The van der Waals surface area contributed by atoms with Crippen LogP contribution in [0.4, 0.5) is 5.69 Å². The standard InChI is InChI=1S/C12H15NO2/c1-13(8-10-15)12-6-4-11(5-7-12)3-2-9-14/h4-7,14-15H,8-10H2,1H3. The summed E-state index contributed by atoms with van der Waals surface area (Å²) in [6, 6.07) is 7.67. The molecule has 0 saturated heterocycles. The van der Waals surface area contributed by atoms with Crippen molar-refractivity contribution in [2.45, 2.75) is 0 Å². The van der Waals surface area contributed by atoms with Crippen molar-refractivity contribution < 1.29 is 10.2 Å². The number of aliphatic hydroxyl groups excluding tert-OH is 2. The summed E-state index contributed by atoms with van der Waals surface area (Å²) in [4.78, 5) is 1.96. The summed E-state index contributed by atoms with van der Waals surface area (Å²) in [5.41, 5.74) is 1.92. The number of aliphatic hydroxyl groups is 2. The molecule has 3 heteroatoms. The summed E-state index contributed by atoms with van der Waals surface area (Å²) in [6.07, 6.45) is 0. The molecule has 0 aliphatic heterocycles. The van der Waals surface area contributed by atoms with Crippen molar-refractivity contribution >= 4 is 5.69 Å². The molecule has 0 saturated carbocycles. The molecule has 1 aromatic carbocycles. The van der Waals surface area contributed by atoms with Crippen molar-refractivity contribution in [2.24, 2.45) is 0 Å². The monoisotopic (exact) mass is 205 g/mol. The van der Waals surface area contributed by atoms with Crippen LogP contribution >= 0.6 is 0 Å². The molecule has 2 N–H and O–H groups in total. The number of rotatable bonds is 3. The van der Waals surface area contributed by atoms with Crippen LogP contribution < -0.4 is 4.90 Å². The van der Waals surface area contributed by atoms with Gasteiger partial charge in [-0.1, -0.05) is 11.8 Å². The molecule has 1 rings (SSSR count). The molecular weight excluding hydrogens is 190 g/mol. The fraction of sp³-hybridized carbons (Fsp3) is 0.333. The van der Waals surface area contributed by atoms with Gasteiger partial charge in [-0.05, 0) is 24.3 Å². The minimum absolute atomic E-state index is 0.119. The van der Waals surface area contributed by atoms with Crippen molar-refractivity contribution in [1.29, 1.82) is 0 Å². The molecule has 80 valence electrons. The average Bonchev–Trinajstić information content (AvgIpc) is 2.27. The minimum atomic E-state index is -0.119. The maximum Gasteiger partial charge on any atom is 0.104 e. The van der Waals surface area contributed by atoms with Gasteiger partial charge in [-0.3, -0.25) is 0 Å². The number of nitrogens with zero attached hydrogens (tertiary/aromatic N) is 1. The second-order valence-electron chi connectivity index (χ2n) is 3.15. The van der Waals surface area contributed by atoms with Gasteiger partial charge in [-0.25, -0.2) is 0 Å². The van der Waals surface area contributed by atoms with Crippen LogP contribution in [-0.4, -0.2) is 37.0 Å². The van der Waals surface area contributed by atoms with Crippen LogP contribution in [0.2, 0.25) is 0 Å². The highest BCUT2D eigenvalue weighted by atomic mass is 16.3. The molecule has 1 aromatic rings. The first-order chi connectivity index (χ1) is 7.27. The molecule has 0 heterocycles. The first kappa shape index (κ1) is 11.6. The zero-order chi connectivity index (χ0) is 11.1. The third kappa shape index (κ3) is 3.62. The summed E-state index contributed by atoms with van der Waals surface area (Å²) in [6.45, 7) is 0.635. The van der Waals surface area contributed by atoms with E-state index in [0.29, 0.717) is 6.54 Å². The van der Waals surface area contributed by atoms with Gasteiger partial charge in [0.25, 0.3) is 0 Å². The van der Waals surface area contributed by atoms with Gasteiger partial charge >= 0.3 is 0 Å². The van der Waals surface area contributed by atoms with Gasteiger partial charge in [0.15, 0.2) is 0 Å². The highest BCUT2D eigenvalue weighted by Crippen LogP contribution is 2.12. The predicted molar refractivity (Wildman–Crippen MR) is 60.8 cm³/mol. The van der Waals surface area contributed by atoms with Crippen molar-refractivity contribution in [3.05, 3.63) is 29.8 Å². The van der Waals surface area contributed by atoms with E-state index in [0.717, 1.165) is 11.3 Å². The van der Waals surface area contributed by atoms with E-state index < -0.39 is 0 Å². The lowest BCUT2D eigenvalue weighted by atomic mass is 10.2. The van der Waals surface area contributed by atoms with E-state index in [4.69, 9.17) is 10.2 Å². The molecule has 0 aliphatic rings. The average molecular weight is 205 g/mol. The first-order valence-corrected chi connectivity index (χ1v) is 4.79. The van der Waals surface area contributed by atoms with Crippen LogP contribution in [0.5, 0.6) is 0 Å². The Balaban J connectivity index is 2.71. The van der Waals surface area contributed by atoms with Crippen LogP contribution in [0, 0.1) is 11.8 Å². The Hall–Kier alpha value is -1.50. The first-order valence-electron chi connectivity index (χ1n) is 4.79. The van der Waals surface area contributed by atoms with E-state index in [-0.39, 0.29) is 13.2 Å². The van der Waals surface area contributed by atoms with Crippen LogP contribution in [0.3, 0.4) is 0 Å². The highest BCUT2D eigenvalue weighted by molar-refractivity contribution is 5.49. The van der Waals surface area contributed by atoms with Crippen LogP contribution in [0.25, 0.3) is 0 Å². The summed E-state index contributed by atoms with van der Waals surface area (Å²) in [5, 5.41) is 17.3. The van der Waals surface area contributed by atoms with Gasteiger partial charge < -0.3 is 15.1 Å². The van der Waals surface area contributed by atoms with E-state index in [9.17, 15) is 0 Å². The van der Waals surface area contributed by atoms with Crippen LogP contribution in [-0.2, 0) is 0 Å². The lowest BCUT2D eigenvalue weighted by molar-refractivity contribution is 0.304. The Morgan fingerprint density at radius 3 is 2.40 bits per heavy atom. The van der Waals surface area contributed by atoms with Gasteiger partial charge in [0.2, 0.25) is 0 Å². The number of hydrogen-bond donors (Lipinski definition) is 2. The largest absolute Gasteiger partial charge is 0.395 e. The number of benzene rings is 1. The van der Waals surface area contributed by atoms with E-state index in [2.05, 4.69) is 11.8 Å². The topological polar surface area (TPSA) is 43.7 Å². The Morgan fingerprint density at radius 1 is 1.20 bits per heavy atom. The highest BCUT2D eigenvalue weighted by Gasteiger charge is 1.98. The Labute approximate surface area is 90.0 Å². The molecule has 0 spiro atoms. The quantitative estimate of drug-likeness (QED) is 0.704. The number of likely N-dealkylation sites (N-methyl/N-ethyl adjacent to an activating group) is 1. The smallest absolute Gasteiger partial charge is 0.104 e. The molecule has 0 amide bonds. The van der Waals surface area contributed by atoms with E-state index in [1.165, 1.54) is 0 Å². The molecule has 3 nitrogen and oxygen atoms in total. The summed E-state index contributed by atoms with van der Waals surface area (Å²) >= 11 is 0. The van der Waals surface area contributed by atoms with Gasteiger partial charge in [0.1, 0.15) is 6.61 Å². The fourth-order valence-electron chi connectivity index (χ4n) is 1.22. The van der Waals surface area contributed by atoms with Crippen molar-refractivity contribution in [3.8, 4) is 11.8 Å². The second kappa shape index (κ2) is 6.07. The van der Waals surface area contributed by atoms with Gasteiger partial charge in [0, 0.05) is 24.8 Å². The molecule has 0 fully saturated rings. The number of hydrogen-bond acceptors (Lipinski definition) is 3. The second-order valence-corrected chi connectivity index (χ2v) is 3.15. The van der Waals surface area contributed by atoms with Crippen LogP contribution in [0.1, 0.15) is 5.56 Å². The fourth-order valence-corrected chi connectivity index (χ4v) is 1.22. The van der Waals surface area contributed by atoms with Crippen LogP contribution in [0.15, 0.2) is 24.3 Å². The third-order valence-corrected chi connectivity index (χ3v) is 2.06. The van der Waals surface area contributed by atoms with Gasteiger partial charge in [-0.15, -0.1) is 0 Å². The summed E-state index contributed by atoms with van der Waals surface area (Å²) < 4.78 is 0. The molecule has 0 atom stereocenters. The molecule has 15 heavy (non-hydrogen) atoms. The molecule has 0 radical (unpaired) electrons. The zero-order valence-electron chi connectivity index (χ0n) is 8.77. The van der Waals surface area contributed by atoms with E-state index in [1.807, 2.05) is 36.2 Å². The van der Waals surface area contributed by atoms with Gasteiger partial charge in [-0.2, -0.15) is 0 Å². The SMILES string of the molecule is CN(CCO)c1ccc(C#CCO)cc1. The molecule has 0 aliphatic carbocycles. The summed E-state index contributed by atoms with van der Waals surface area (Å²) in [7, 11) is 1.92. The lowest BCUT2D eigenvalue weighted by Gasteiger charge is -2.17. The molecule has 0 unspecified atom stereocenters. The summed E-state index contributed by atoms with van der Waals surface area (Å²) in [5.74, 6) is 5.41. The van der Waals surface area contributed by atoms with E-state index in [1.54, 1.807) is 0 Å². The van der Waals surface area contributed by atoms with E-state index >= 15 is 0 Å². The Kier molecular flexibility index (Phi) is 4.69. The maximum absolute atomic E-state index is 8.78. The predicted octanol–water partition coefficient (Wildman–Crippen LogP) is 0.459. The Morgan fingerprint density at radius 2 is 1.87 bits per heavy atom. The maximum atomic E-state index is 8.78. The Bertz CT molecular complexity index is 348. The molecular formula is C12H15NO2. The third-order valence-electron chi connectivity index (χ3n) is 2.06. The zero-order valence-corrected chi connectivity index (χ0v) is 8.77. The normalized spacial score (nSPS) is 9.27. The minimum Gasteiger partial charge on any atom is -0.395 e. The molecule has 0 bridgehead atoms. The van der Waals surface area contributed by atoms with Gasteiger partial charge in [0.05, 0.1) is 6.61 Å².